The van der Waals surface area contributed by atoms with E-state index in [4.69, 9.17) is 14.8 Å². The highest BCUT2D eigenvalue weighted by molar-refractivity contribution is 5.91. The second-order valence-corrected chi connectivity index (χ2v) is 16.5. The Bertz CT molecular complexity index is 2720. The van der Waals surface area contributed by atoms with E-state index in [-0.39, 0.29) is 29.3 Å². The third-order valence-corrected chi connectivity index (χ3v) is 13.0. The molecule has 4 atom stereocenters. The molecule has 6 aromatic rings. The molecule has 57 heavy (non-hydrogen) atoms. The lowest BCUT2D eigenvalue weighted by Gasteiger charge is -2.41. The van der Waals surface area contributed by atoms with E-state index in [9.17, 15) is 14.4 Å². The summed E-state index contributed by atoms with van der Waals surface area (Å²) in [4.78, 5) is 48.8. The van der Waals surface area contributed by atoms with E-state index in [0.717, 1.165) is 74.7 Å². The minimum atomic E-state index is -0.923. The van der Waals surface area contributed by atoms with Crippen molar-refractivity contribution in [1.29, 1.82) is 0 Å². The lowest BCUT2D eigenvalue weighted by molar-refractivity contribution is -0.131. The molecule has 0 bridgehead atoms. The molecule has 0 spiro atoms. The summed E-state index contributed by atoms with van der Waals surface area (Å²) in [6, 6.07) is 15.8. The van der Waals surface area contributed by atoms with Gasteiger partial charge in [-0.1, -0.05) is 12.1 Å². The Morgan fingerprint density at radius 3 is 2.33 bits per heavy atom. The number of benzene rings is 2. The van der Waals surface area contributed by atoms with Crippen LogP contribution in [0, 0.1) is 19.8 Å². The van der Waals surface area contributed by atoms with Crippen molar-refractivity contribution in [2.24, 2.45) is 5.92 Å². The molecule has 12 heteroatoms. The van der Waals surface area contributed by atoms with Crippen LogP contribution in [-0.4, -0.2) is 54.4 Å². The minimum Gasteiger partial charge on any atom is -0.444 e. The molecule has 12 nitrogen and oxygen atoms in total. The number of aromatic amines is 1. The first-order valence-electron chi connectivity index (χ1n) is 20.0. The Morgan fingerprint density at radius 1 is 0.842 bits per heavy atom. The number of nitrogens with zero attached hydrogens (tertiary/aromatic N) is 5. The average Bonchev–Trinajstić information content (AvgIpc) is 3.83. The quantitative estimate of drug-likeness (QED) is 0.173. The summed E-state index contributed by atoms with van der Waals surface area (Å²) in [7, 11) is 0. The lowest BCUT2D eigenvalue weighted by Crippen LogP contribution is -2.53. The first-order valence-corrected chi connectivity index (χ1v) is 20.0. The zero-order valence-electron chi connectivity index (χ0n) is 33.3. The molecular weight excluding hydrogens is 717 g/mol. The fourth-order valence-electron chi connectivity index (χ4n) is 9.55. The van der Waals surface area contributed by atoms with E-state index < -0.39 is 10.8 Å². The second kappa shape index (κ2) is 13.6. The maximum atomic E-state index is 14.1. The maximum absolute atomic E-state index is 14.1. The van der Waals surface area contributed by atoms with Crippen molar-refractivity contribution in [3.05, 3.63) is 105 Å². The zero-order chi connectivity index (χ0) is 39.8. The molecule has 0 saturated carbocycles. The minimum absolute atomic E-state index is 0.0454. The highest BCUT2D eigenvalue weighted by Gasteiger charge is 2.49. The number of hydrogen-bond donors (Lipinski definition) is 3. The number of pyridine rings is 2. The number of nitrogens with one attached hydrogen (secondary N) is 3. The van der Waals surface area contributed by atoms with Gasteiger partial charge in [0.25, 0.3) is 5.56 Å². The molecule has 3 aliphatic rings. The van der Waals surface area contributed by atoms with Crippen molar-refractivity contribution < 1.29 is 14.3 Å². The number of amides is 2. The number of rotatable bonds is 5. The molecule has 3 N–H and O–H groups in total. The standard InChI is InChI=1S/C45H48N8O4/c1-7-52-38-20-28(17-25(2)32(38)23-48-52)37-12-10-35-41(51-37)57-27(4)19-31(22-30-13-16-47-43(56)45(30,35)6)53-39-21-29(18-26(3)33(39)24-49-53)36-11-9-34(40(54)50-36)44(5)14-8-15-46-42(44)55/h9-12,17-21,23-24,30-31H,7-8,13-16,22H2,1-6H3,(H,46,55)(H,47,56)(H,50,54)/b27-19+. The number of aryl methyl sites for hydroxylation is 3. The van der Waals surface area contributed by atoms with Crippen LogP contribution >= 0.6 is 0 Å². The Hall–Kier alpha value is -6.04. The average molecular weight is 765 g/mol. The van der Waals surface area contributed by atoms with E-state index in [1.54, 1.807) is 6.07 Å². The number of fused-ring (bicyclic) bond motifs is 5. The smallest absolute Gasteiger partial charge is 0.252 e. The van der Waals surface area contributed by atoms with Gasteiger partial charge in [0.15, 0.2) is 0 Å². The van der Waals surface area contributed by atoms with E-state index in [0.29, 0.717) is 48.8 Å². The fraction of sp³-hybridized carbons (Fsp3) is 0.378. The molecule has 0 aliphatic carbocycles. The summed E-state index contributed by atoms with van der Waals surface area (Å²) < 4.78 is 10.7. The highest BCUT2D eigenvalue weighted by atomic mass is 16.5. The van der Waals surface area contributed by atoms with Crippen LogP contribution in [0.5, 0.6) is 5.88 Å². The van der Waals surface area contributed by atoms with Crippen LogP contribution in [0.2, 0.25) is 0 Å². The van der Waals surface area contributed by atoms with Crippen LogP contribution in [0.25, 0.3) is 44.3 Å². The number of H-pyrrole nitrogens is 1. The van der Waals surface area contributed by atoms with Gasteiger partial charge in [-0.25, -0.2) is 4.98 Å². The van der Waals surface area contributed by atoms with Crippen molar-refractivity contribution in [2.75, 3.05) is 13.1 Å². The molecule has 2 fully saturated rings. The van der Waals surface area contributed by atoms with E-state index in [2.05, 4.69) is 64.9 Å². The maximum Gasteiger partial charge on any atom is 0.252 e. The molecular formula is C45H48N8O4. The van der Waals surface area contributed by atoms with Gasteiger partial charge in [0, 0.05) is 58.4 Å². The topological polar surface area (TPSA) is 149 Å². The van der Waals surface area contributed by atoms with E-state index >= 15 is 0 Å². The van der Waals surface area contributed by atoms with Gasteiger partial charge in [0.2, 0.25) is 17.7 Å². The third kappa shape index (κ3) is 5.87. The summed E-state index contributed by atoms with van der Waals surface area (Å²) in [5.74, 6) is 0.853. The molecule has 2 aromatic carbocycles. The van der Waals surface area contributed by atoms with E-state index in [1.165, 1.54) is 0 Å². The second-order valence-electron chi connectivity index (χ2n) is 16.5. The summed E-state index contributed by atoms with van der Waals surface area (Å²) in [6.07, 6.45) is 8.74. The van der Waals surface area contributed by atoms with Gasteiger partial charge >= 0.3 is 0 Å². The highest BCUT2D eigenvalue weighted by Crippen LogP contribution is 2.47. The lowest BCUT2D eigenvalue weighted by atomic mass is 9.66. The fourth-order valence-corrected chi connectivity index (χ4v) is 9.55. The van der Waals surface area contributed by atoms with Crippen LogP contribution in [-0.2, 0) is 27.0 Å². The number of carbonyl (C=O) groups excluding carboxylic acids is 2. The molecule has 2 amide bonds. The predicted octanol–water partition coefficient (Wildman–Crippen LogP) is 6.93. The number of hydrogen-bond acceptors (Lipinski definition) is 7. The largest absolute Gasteiger partial charge is 0.444 e. The van der Waals surface area contributed by atoms with Crippen LogP contribution < -0.4 is 20.9 Å². The molecule has 3 aliphatic heterocycles. The monoisotopic (exact) mass is 764 g/mol. The van der Waals surface area contributed by atoms with Gasteiger partial charge in [-0.2, -0.15) is 10.2 Å². The van der Waals surface area contributed by atoms with Gasteiger partial charge in [-0.05, 0) is 127 Å². The van der Waals surface area contributed by atoms with E-state index in [1.807, 2.05) is 67.7 Å². The Morgan fingerprint density at radius 2 is 1.56 bits per heavy atom. The number of allylic oxidation sites excluding steroid dienone is 2. The molecule has 0 radical (unpaired) electrons. The van der Waals surface area contributed by atoms with Crippen LogP contribution in [0.1, 0.15) is 81.7 Å². The summed E-state index contributed by atoms with van der Waals surface area (Å²) in [5, 5.41) is 17.7. The Labute approximate surface area is 330 Å². The summed E-state index contributed by atoms with van der Waals surface area (Å²) in [5.41, 5.74) is 6.45. The van der Waals surface area contributed by atoms with Gasteiger partial charge in [-0.15, -0.1) is 0 Å². The summed E-state index contributed by atoms with van der Waals surface area (Å²) in [6.45, 7) is 14.0. The first-order chi connectivity index (χ1) is 27.4. The molecule has 4 aromatic heterocycles. The third-order valence-electron chi connectivity index (χ3n) is 13.0. The number of piperidine rings is 2. The van der Waals surface area contributed by atoms with Crippen molar-refractivity contribution in [3.8, 4) is 28.4 Å². The number of carbonyl (C=O) groups is 2. The van der Waals surface area contributed by atoms with Gasteiger partial charge in [0.05, 0.1) is 46.0 Å². The van der Waals surface area contributed by atoms with Crippen molar-refractivity contribution in [3.63, 3.8) is 0 Å². The van der Waals surface area contributed by atoms with Gasteiger partial charge < -0.3 is 20.4 Å². The summed E-state index contributed by atoms with van der Waals surface area (Å²) >= 11 is 0. The van der Waals surface area contributed by atoms with Crippen LogP contribution in [0.4, 0.5) is 0 Å². The first kappa shape index (κ1) is 36.6. The number of aromatic nitrogens is 6. The van der Waals surface area contributed by atoms with Crippen molar-refractivity contribution >= 4 is 33.6 Å². The molecule has 292 valence electrons. The van der Waals surface area contributed by atoms with Crippen LogP contribution in [0.15, 0.2) is 77.6 Å². The Balaban J connectivity index is 1.12. The zero-order valence-corrected chi connectivity index (χ0v) is 33.3. The SMILES string of the molecule is CCn1ncc2c(C)cc(-c3ccc4c(n3)O/C(C)=C/C(n3ncc5c(C)cc(-c6ccc(C7(C)CCCNC7=O)c(=O)[nH]6)cc53)CC3CCNC(=O)C43C)cc21. The van der Waals surface area contributed by atoms with Crippen molar-refractivity contribution in [2.45, 2.75) is 90.6 Å². The normalized spacial score (nSPS) is 24.6. The van der Waals surface area contributed by atoms with Gasteiger partial charge in [0.1, 0.15) is 5.76 Å². The van der Waals surface area contributed by atoms with Crippen LogP contribution in [0.3, 0.4) is 0 Å². The molecule has 7 heterocycles. The predicted molar refractivity (Wildman–Crippen MR) is 220 cm³/mol. The molecule has 2 saturated heterocycles. The molecule has 9 rings (SSSR count). The molecule has 4 unspecified atom stereocenters. The number of ether oxygens (including phenoxy) is 1. The van der Waals surface area contributed by atoms with Crippen molar-refractivity contribution in [1.82, 2.24) is 40.2 Å². The Kier molecular flexibility index (Phi) is 8.71. The van der Waals surface area contributed by atoms with Gasteiger partial charge in [-0.3, -0.25) is 23.7 Å².